The van der Waals surface area contributed by atoms with E-state index in [0.29, 0.717) is 11.3 Å². The van der Waals surface area contributed by atoms with E-state index in [-0.39, 0.29) is 11.3 Å². The minimum Gasteiger partial charge on any atom is -0.399 e. The van der Waals surface area contributed by atoms with Crippen LogP contribution in [0.4, 0.5) is 14.5 Å². The zero-order valence-electron chi connectivity index (χ0n) is 11.3. The van der Waals surface area contributed by atoms with Gasteiger partial charge in [-0.1, -0.05) is 18.2 Å². The highest BCUT2D eigenvalue weighted by atomic mass is 19.1. The minimum atomic E-state index is -0.963. The van der Waals surface area contributed by atoms with E-state index in [1.165, 1.54) is 13.0 Å². The number of hydrogen-bond acceptors (Lipinski definition) is 2. The number of rotatable bonds is 3. The van der Waals surface area contributed by atoms with Crippen molar-refractivity contribution in [1.29, 1.82) is 0 Å². The molecule has 1 atom stereocenters. The third kappa shape index (κ3) is 2.54. The highest BCUT2D eigenvalue weighted by Gasteiger charge is 2.26. The van der Waals surface area contributed by atoms with E-state index >= 15 is 0 Å². The van der Waals surface area contributed by atoms with Crippen LogP contribution in [-0.4, -0.2) is 5.78 Å². The molecule has 0 saturated heterocycles. The fraction of sp³-hybridized carbons (Fsp3) is 0.188. The van der Waals surface area contributed by atoms with Crippen LogP contribution in [0.25, 0.3) is 0 Å². The van der Waals surface area contributed by atoms with Gasteiger partial charge < -0.3 is 5.73 Å². The Morgan fingerprint density at radius 3 is 2.25 bits per heavy atom. The first kappa shape index (κ1) is 14.2. The maximum atomic E-state index is 13.9. The van der Waals surface area contributed by atoms with Gasteiger partial charge in [0.15, 0.2) is 0 Å². The predicted octanol–water partition coefficient (Wildman–Crippen LogP) is 3.58. The van der Waals surface area contributed by atoms with E-state index < -0.39 is 17.6 Å². The van der Waals surface area contributed by atoms with Gasteiger partial charge in [-0.15, -0.1) is 0 Å². The summed E-state index contributed by atoms with van der Waals surface area (Å²) < 4.78 is 27.8. The lowest BCUT2D eigenvalue weighted by molar-refractivity contribution is -0.117. The lowest BCUT2D eigenvalue weighted by Crippen LogP contribution is -2.14. The topological polar surface area (TPSA) is 43.1 Å². The number of anilines is 1. The smallest absolute Gasteiger partial charge is 0.141 e. The fourth-order valence-corrected chi connectivity index (χ4v) is 2.27. The fourth-order valence-electron chi connectivity index (χ4n) is 2.27. The van der Waals surface area contributed by atoms with Crippen LogP contribution < -0.4 is 5.73 Å². The molecule has 0 aliphatic rings. The maximum absolute atomic E-state index is 13.9. The largest absolute Gasteiger partial charge is 0.399 e. The number of Topliss-reactive ketones (excluding diaryl/α,β-unsaturated/α-hetero) is 1. The second-order valence-corrected chi connectivity index (χ2v) is 4.80. The Morgan fingerprint density at radius 1 is 1.15 bits per heavy atom. The summed E-state index contributed by atoms with van der Waals surface area (Å²) in [5.41, 5.74) is 7.39. The molecule has 0 fully saturated rings. The van der Waals surface area contributed by atoms with Gasteiger partial charge in [0, 0.05) is 11.3 Å². The summed E-state index contributed by atoms with van der Waals surface area (Å²) in [6, 6.07) is 8.53. The number of nitrogen functional groups attached to an aromatic ring is 1. The number of hydrogen-bond donors (Lipinski definition) is 1. The highest BCUT2D eigenvalue weighted by molar-refractivity contribution is 5.87. The Hall–Kier alpha value is -2.23. The first-order valence-corrected chi connectivity index (χ1v) is 6.22. The monoisotopic (exact) mass is 275 g/mol. The van der Waals surface area contributed by atoms with Crippen molar-refractivity contribution in [2.45, 2.75) is 19.8 Å². The molecule has 2 aromatic rings. The SMILES string of the molecule is CC(=O)C(c1ccc(N)c(C)c1)c1c(F)cccc1F. The van der Waals surface area contributed by atoms with E-state index in [1.807, 2.05) is 0 Å². The Morgan fingerprint density at radius 2 is 1.75 bits per heavy atom. The molecule has 0 saturated carbocycles. The molecule has 2 nitrogen and oxygen atoms in total. The zero-order chi connectivity index (χ0) is 14.9. The third-order valence-electron chi connectivity index (χ3n) is 3.32. The molecular weight excluding hydrogens is 260 g/mol. The normalized spacial score (nSPS) is 12.2. The summed E-state index contributed by atoms with van der Waals surface area (Å²) in [6.07, 6.45) is 0. The summed E-state index contributed by atoms with van der Waals surface area (Å²) in [6.45, 7) is 3.11. The number of halogens is 2. The van der Waals surface area contributed by atoms with Crippen molar-refractivity contribution in [1.82, 2.24) is 0 Å². The van der Waals surface area contributed by atoms with Crippen molar-refractivity contribution in [2.75, 3.05) is 5.73 Å². The lowest BCUT2D eigenvalue weighted by atomic mass is 9.86. The summed E-state index contributed by atoms with van der Waals surface area (Å²) >= 11 is 0. The van der Waals surface area contributed by atoms with E-state index in [1.54, 1.807) is 25.1 Å². The number of carbonyl (C=O) groups excluding carboxylic acids is 1. The third-order valence-corrected chi connectivity index (χ3v) is 3.32. The summed E-state index contributed by atoms with van der Waals surface area (Å²) in [4.78, 5) is 11.9. The molecule has 0 aliphatic carbocycles. The van der Waals surface area contributed by atoms with Gasteiger partial charge in [0.2, 0.25) is 0 Å². The molecule has 0 radical (unpaired) electrons. The first-order valence-electron chi connectivity index (χ1n) is 6.22. The second-order valence-electron chi connectivity index (χ2n) is 4.80. The Bertz CT molecular complexity index is 647. The Kier molecular flexibility index (Phi) is 3.84. The van der Waals surface area contributed by atoms with Crippen molar-refractivity contribution in [2.24, 2.45) is 0 Å². The van der Waals surface area contributed by atoms with Crippen LogP contribution in [0.3, 0.4) is 0 Å². The maximum Gasteiger partial charge on any atom is 0.141 e. The number of aryl methyl sites for hydroxylation is 1. The molecule has 20 heavy (non-hydrogen) atoms. The van der Waals surface area contributed by atoms with Crippen LogP contribution in [-0.2, 0) is 4.79 Å². The van der Waals surface area contributed by atoms with Crippen molar-refractivity contribution >= 4 is 11.5 Å². The van der Waals surface area contributed by atoms with Crippen LogP contribution >= 0.6 is 0 Å². The molecule has 4 heteroatoms. The van der Waals surface area contributed by atoms with Crippen molar-refractivity contribution in [3.05, 3.63) is 64.7 Å². The van der Waals surface area contributed by atoms with Crippen molar-refractivity contribution in [3.63, 3.8) is 0 Å². The summed E-state index contributed by atoms with van der Waals surface area (Å²) in [5, 5.41) is 0. The summed E-state index contributed by atoms with van der Waals surface area (Å²) in [5.74, 6) is -2.73. The predicted molar refractivity (Wildman–Crippen MR) is 74.5 cm³/mol. The van der Waals surface area contributed by atoms with E-state index in [2.05, 4.69) is 0 Å². The first-order chi connectivity index (χ1) is 9.41. The van der Waals surface area contributed by atoms with E-state index in [9.17, 15) is 13.6 Å². The summed E-state index contributed by atoms with van der Waals surface area (Å²) in [7, 11) is 0. The van der Waals surface area contributed by atoms with Gasteiger partial charge in [0.1, 0.15) is 17.4 Å². The number of nitrogens with two attached hydrogens (primary N) is 1. The van der Waals surface area contributed by atoms with Gasteiger partial charge in [-0.3, -0.25) is 4.79 Å². The lowest BCUT2D eigenvalue weighted by Gasteiger charge is -2.17. The van der Waals surface area contributed by atoms with E-state index in [4.69, 9.17) is 5.73 Å². The van der Waals surface area contributed by atoms with Gasteiger partial charge in [0.05, 0.1) is 5.92 Å². The zero-order valence-corrected chi connectivity index (χ0v) is 11.3. The Balaban J connectivity index is 2.63. The van der Waals surface area contributed by atoms with Gasteiger partial charge in [-0.2, -0.15) is 0 Å². The van der Waals surface area contributed by atoms with Crippen LogP contribution in [0, 0.1) is 18.6 Å². The quantitative estimate of drug-likeness (QED) is 0.870. The molecular formula is C16H15F2NO. The molecule has 0 aliphatic heterocycles. The molecule has 0 bridgehead atoms. The molecule has 2 aromatic carbocycles. The molecule has 0 aromatic heterocycles. The molecule has 2 N–H and O–H groups in total. The molecule has 0 heterocycles. The van der Waals surface area contributed by atoms with Gasteiger partial charge in [-0.05, 0) is 43.2 Å². The number of carbonyl (C=O) groups is 1. The Labute approximate surface area is 116 Å². The van der Waals surface area contributed by atoms with Gasteiger partial charge >= 0.3 is 0 Å². The molecule has 2 rings (SSSR count). The van der Waals surface area contributed by atoms with E-state index in [0.717, 1.165) is 17.7 Å². The van der Waals surface area contributed by atoms with Gasteiger partial charge in [-0.25, -0.2) is 8.78 Å². The number of benzene rings is 2. The van der Waals surface area contributed by atoms with Crippen LogP contribution in [0.15, 0.2) is 36.4 Å². The minimum absolute atomic E-state index is 0.218. The average molecular weight is 275 g/mol. The molecule has 0 amide bonds. The van der Waals surface area contributed by atoms with Crippen LogP contribution in [0.2, 0.25) is 0 Å². The highest BCUT2D eigenvalue weighted by Crippen LogP contribution is 2.31. The molecule has 104 valence electrons. The number of ketones is 1. The van der Waals surface area contributed by atoms with Gasteiger partial charge in [0.25, 0.3) is 0 Å². The van der Waals surface area contributed by atoms with Crippen molar-refractivity contribution < 1.29 is 13.6 Å². The standard InChI is InChI=1S/C16H15F2NO/c1-9-8-11(6-7-14(9)19)15(10(2)20)16-12(17)4-3-5-13(16)18/h3-8,15H,19H2,1-2H3. The average Bonchev–Trinajstić information content (AvgIpc) is 2.37. The second kappa shape index (κ2) is 5.41. The molecule has 1 unspecified atom stereocenters. The van der Waals surface area contributed by atoms with Crippen molar-refractivity contribution in [3.8, 4) is 0 Å². The van der Waals surface area contributed by atoms with Crippen LogP contribution in [0.1, 0.15) is 29.5 Å². The van der Waals surface area contributed by atoms with Crippen LogP contribution in [0.5, 0.6) is 0 Å². The molecule has 0 spiro atoms.